The van der Waals surface area contributed by atoms with E-state index in [1.165, 1.54) is 42.1 Å². The third-order valence-corrected chi connectivity index (χ3v) is 9.00. The zero-order valence-electron chi connectivity index (χ0n) is 17.7. The first-order valence-electron chi connectivity index (χ1n) is 11.0. The van der Waals surface area contributed by atoms with E-state index < -0.39 is 10.0 Å². The van der Waals surface area contributed by atoms with Crippen molar-refractivity contribution < 1.29 is 17.9 Å². The number of benzene rings is 1. The fourth-order valence-electron chi connectivity index (χ4n) is 5.34. The molecule has 1 saturated carbocycles. The van der Waals surface area contributed by atoms with E-state index in [2.05, 4.69) is 0 Å². The predicted octanol–water partition coefficient (Wildman–Crippen LogP) is 3.93. The van der Waals surface area contributed by atoms with E-state index in [4.69, 9.17) is 16.3 Å². The molecule has 6 nitrogen and oxygen atoms in total. The SMILES string of the molecule is C[C@@H]1CN(S(=O)(=O)c2cc(C(=O)N3CCC[C@H]3C3CCCC3)ccc2Cl)C[C@@H](C)O1. The maximum atomic E-state index is 13.3. The number of likely N-dealkylation sites (tertiary alicyclic amines) is 1. The lowest BCUT2D eigenvalue weighted by Gasteiger charge is -2.34. The van der Waals surface area contributed by atoms with Gasteiger partial charge >= 0.3 is 0 Å². The Kier molecular flexibility index (Phi) is 6.45. The second-order valence-corrected chi connectivity index (χ2v) is 11.3. The van der Waals surface area contributed by atoms with Crippen LogP contribution in [0.5, 0.6) is 0 Å². The van der Waals surface area contributed by atoms with Gasteiger partial charge in [0, 0.05) is 31.2 Å². The van der Waals surface area contributed by atoms with Gasteiger partial charge in [-0.25, -0.2) is 8.42 Å². The van der Waals surface area contributed by atoms with E-state index in [0.717, 1.165) is 19.4 Å². The van der Waals surface area contributed by atoms with Crippen molar-refractivity contribution in [3.8, 4) is 0 Å². The van der Waals surface area contributed by atoms with Crippen molar-refractivity contribution in [2.45, 2.75) is 75.5 Å². The van der Waals surface area contributed by atoms with Gasteiger partial charge in [0.2, 0.25) is 10.0 Å². The first-order chi connectivity index (χ1) is 14.3. The maximum absolute atomic E-state index is 13.3. The largest absolute Gasteiger partial charge is 0.373 e. The highest BCUT2D eigenvalue weighted by molar-refractivity contribution is 7.89. The molecule has 0 spiro atoms. The molecule has 1 aliphatic carbocycles. The molecule has 166 valence electrons. The van der Waals surface area contributed by atoms with Gasteiger partial charge in [0.05, 0.1) is 17.2 Å². The van der Waals surface area contributed by atoms with Crippen LogP contribution in [0.25, 0.3) is 0 Å². The number of halogens is 1. The lowest BCUT2D eigenvalue weighted by atomic mass is 9.95. The van der Waals surface area contributed by atoms with Gasteiger partial charge in [-0.15, -0.1) is 0 Å². The number of amides is 1. The molecule has 1 amide bonds. The highest BCUT2D eigenvalue weighted by Crippen LogP contribution is 2.36. The molecular formula is C22H31ClN2O4S. The summed E-state index contributed by atoms with van der Waals surface area (Å²) in [4.78, 5) is 15.3. The molecule has 0 N–H and O–H groups in total. The van der Waals surface area contributed by atoms with Crippen molar-refractivity contribution in [3.05, 3.63) is 28.8 Å². The van der Waals surface area contributed by atoms with Crippen LogP contribution in [-0.4, -0.2) is 61.4 Å². The van der Waals surface area contributed by atoms with Gasteiger partial charge in [-0.2, -0.15) is 4.31 Å². The van der Waals surface area contributed by atoms with E-state index in [1.54, 1.807) is 6.07 Å². The smallest absolute Gasteiger partial charge is 0.254 e. The third-order valence-electron chi connectivity index (χ3n) is 6.69. The number of ether oxygens (including phenoxy) is 1. The van der Waals surface area contributed by atoms with Crippen LogP contribution >= 0.6 is 11.6 Å². The van der Waals surface area contributed by atoms with E-state index in [-0.39, 0.29) is 47.2 Å². The molecule has 3 aliphatic rings. The molecule has 30 heavy (non-hydrogen) atoms. The quantitative estimate of drug-likeness (QED) is 0.691. The summed E-state index contributed by atoms with van der Waals surface area (Å²) >= 11 is 6.31. The van der Waals surface area contributed by atoms with E-state index in [1.807, 2.05) is 18.7 Å². The van der Waals surface area contributed by atoms with Crippen molar-refractivity contribution in [2.24, 2.45) is 5.92 Å². The predicted molar refractivity (Wildman–Crippen MR) is 116 cm³/mol. The van der Waals surface area contributed by atoms with Crippen molar-refractivity contribution in [2.75, 3.05) is 19.6 Å². The summed E-state index contributed by atoms with van der Waals surface area (Å²) in [5.74, 6) is 0.490. The topological polar surface area (TPSA) is 66.9 Å². The molecule has 3 atom stereocenters. The van der Waals surface area contributed by atoms with Gasteiger partial charge in [-0.1, -0.05) is 24.4 Å². The monoisotopic (exact) mass is 454 g/mol. The van der Waals surface area contributed by atoms with Crippen LogP contribution in [0.3, 0.4) is 0 Å². The Morgan fingerprint density at radius 2 is 1.73 bits per heavy atom. The minimum atomic E-state index is -3.82. The molecule has 0 radical (unpaired) electrons. The lowest BCUT2D eigenvalue weighted by molar-refractivity contribution is -0.0440. The summed E-state index contributed by atoms with van der Waals surface area (Å²) in [6.07, 6.45) is 6.51. The van der Waals surface area contributed by atoms with Crippen LogP contribution < -0.4 is 0 Å². The summed E-state index contributed by atoms with van der Waals surface area (Å²) in [7, 11) is -3.82. The van der Waals surface area contributed by atoms with Gasteiger partial charge in [0.25, 0.3) is 5.91 Å². The zero-order valence-corrected chi connectivity index (χ0v) is 19.3. The Morgan fingerprint density at radius 3 is 2.40 bits per heavy atom. The van der Waals surface area contributed by atoms with Gasteiger partial charge in [0.1, 0.15) is 4.90 Å². The van der Waals surface area contributed by atoms with Crippen molar-refractivity contribution in [1.29, 1.82) is 0 Å². The number of carbonyl (C=O) groups excluding carboxylic acids is 1. The fourth-order valence-corrected chi connectivity index (χ4v) is 7.43. The molecule has 3 fully saturated rings. The van der Waals surface area contributed by atoms with Gasteiger partial charge in [-0.05, 0) is 63.6 Å². The van der Waals surface area contributed by atoms with Gasteiger partial charge in [0.15, 0.2) is 0 Å². The van der Waals surface area contributed by atoms with Crippen molar-refractivity contribution in [3.63, 3.8) is 0 Å². The number of sulfonamides is 1. The molecule has 2 aliphatic heterocycles. The maximum Gasteiger partial charge on any atom is 0.254 e. The first kappa shape index (κ1) is 22.1. The van der Waals surface area contributed by atoms with Crippen molar-refractivity contribution in [1.82, 2.24) is 9.21 Å². The Morgan fingerprint density at radius 1 is 1.07 bits per heavy atom. The molecule has 0 bridgehead atoms. The summed E-state index contributed by atoms with van der Waals surface area (Å²) in [6, 6.07) is 4.93. The van der Waals surface area contributed by atoms with Crippen LogP contribution in [0, 0.1) is 5.92 Å². The minimum absolute atomic E-state index is 0.00734. The number of nitrogens with zero attached hydrogens (tertiary/aromatic N) is 2. The Hall–Kier alpha value is -1.15. The third kappa shape index (κ3) is 4.27. The second-order valence-electron chi connectivity index (χ2n) is 8.98. The normalized spacial score (nSPS) is 28.9. The molecule has 1 aromatic rings. The standard InChI is InChI=1S/C22H31ClN2O4S/c1-15-13-24(14-16(2)29-15)30(27,28)21-12-18(9-10-19(21)23)22(26)25-11-5-8-20(25)17-6-3-4-7-17/h9-10,12,15-17,20H,3-8,11,13-14H2,1-2H3/t15-,16-,20+/m1/s1. The first-order valence-corrected chi connectivity index (χ1v) is 12.9. The molecule has 4 rings (SSSR count). The molecule has 0 unspecified atom stereocenters. The highest BCUT2D eigenvalue weighted by Gasteiger charge is 2.38. The summed E-state index contributed by atoms with van der Waals surface area (Å²) in [5.41, 5.74) is 0.400. The summed E-state index contributed by atoms with van der Waals surface area (Å²) in [6.45, 7) is 5.00. The van der Waals surface area contributed by atoms with Gasteiger partial charge in [-0.3, -0.25) is 4.79 Å². The summed E-state index contributed by atoms with van der Waals surface area (Å²) < 4.78 is 33.7. The Bertz CT molecular complexity index is 890. The fraction of sp³-hybridized carbons (Fsp3) is 0.682. The Labute approximate surface area is 184 Å². The number of rotatable bonds is 4. The van der Waals surface area contributed by atoms with Gasteiger partial charge < -0.3 is 9.64 Å². The molecule has 2 saturated heterocycles. The van der Waals surface area contributed by atoms with E-state index >= 15 is 0 Å². The van der Waals surface area contributed by atoms with E-state index in [9.17, 15) is 13.2 Å². The molecule has 0 aromatic heterocycles. The second kappa shape index (κ2) is 8.77. The van der Waals surface area contributed by atoms with Crippen molar-refractivity contribution >= 4 is 27.5 Å². The van der Waals surface area contributed by atoms with Crippen LogP contribution in [-0.2, 0) is 14.8 Å². The molecule has 8 heteroatoms. The number of morpholine rings is 1. The minimum Gasteiger partial charge on any atom is -0.373 e. The average molecular weight is 455 g/mol. The Balaban J connectivity index is 1.60. The number of carbonyl (C=O) groups is 1. The van der Waals surface area contributed by atoms with E-state index in [0.29, 0.717) is 11.5 Å². The van der Waals surface area contributed by atoms with Crippen LogP contribution in [0.4, 0.5) is 0 Å². The zero-order chi connectivity index (χ0) is 21.5. The summed E-state index contributed by atoms with van der Waals surface area (Å²) in [5, 5.41) is 0.145. The van der Waals surface area contributed by atoms with Crippen LogP contribution in [0.15, 0.2) is 23.1 Å². The average Bonchev–Trinajstić information content (AvgIpc) is 3.38. The lowest BCUT2D eigenvalue weighted by Crippen LogP contribution is -2.48. The van der Waals surface area contributed by atoms with Crippen LogP contribution in [0.2, 0.25) is 5.02 Å². The van der Waals surface area contributed by atoms with Crippen LogP contribution in [0.1, 0.15) is 62.7 Å². The number of hydrogen-bond acceptors (Lipinski definition) is 4. The molecular weight excluding hydrogens is 424 g/mol. The number of hydrogen-bond donors (Lipinski definition) is 0. The highest BCUT2D eigenvalue weighted by atomic mass is 35.5. The molecule has 2 heterocycles. The molecule has 1 aromatic carbocycles.